The molecule has 0 saturated heterocycles. The van der Waals surface area contributed by atoms with Gasteiger partial charge in [-0.15, -0.1) is 0 Å². The number of hydrogen-bond donors (Lipinski definition) is 1. The Kier molecular flexibility index (Phi) is 5.88. The minimum absolute atomic E-state index is 0.0331. The molecule has 1 atom stereocenters. The maximum atomic E-state index is 13.7. The van der Waals surface area contributed by atoms with E-state index < -0.39 is 27.2 Å². The van der Waals surface area contributed by atoms with E-state index in [4.69, 9.17) is 10.5 Å². The van der Waals surface area contributed by atoms with Crippen LogP contribution in [0.5, 0.6) is 5.75 Å². The van der Waals surface area contributed by atoms with E-state index in [1.54, 1.807) is 6.92 Å². The summed E-state index contributed by atoms with van der Waals surface area (Å²) in [4.78, 5) is 0. The molecule has 1 aromatic rings. The van der Waals surface area contributed by atoms with Crippen LogP contribution in [0.25, 0.3) is 0 Å². The Morgan fingerprint density at radius 3 is 2.30 bits per heavy atom. The van der Waals surface area contributed by atoms with Gasteiger partial charge in [-0.3, -0.25) is 0 Å². The number of hydrogen-bond acceptors (Lipinski definition) is 4. The first-order chi connectivity index (χ1) is 9.25. The highest BCUT2D eigenvalue weighted by atomic mass is 32.2. The summed E-state index contributed by atoms with van der Waals surface area (Å²) in [6.07, 6.45) is 0.346. The molecule has 0 radical (unpaired) electrons. The summed E-state index contributed by atoms with van der Waals surface area (Å²) in [5.41, 5.74) is 6.00. The van der Waals surface area contributed by atoms with Crippen LogP contribution >= 0.6 is 0 Å². The Morgan fingerprint density at radius 1 is 1.30 bits per heavy atom. The standard InChI is InChI=1S/C13H19F2NO3S/c1-3-20(17,18)5-4-19-13-11(14)7-10(6-9(2)16)8-12(13)15/h7-9H,3-6,16H2,1-2H3. The van der Waals surface area contributed by atoms with Crippen LogP contribution in [-0.4, -0.2) is 32.6 Å². The van der Waals surface area contributed by atoms with Crippen molar-refractivity contribution in [3.8, 4) is 5.75 Å². The van der Waals surface area contributed by atoms with Crippen LogP contribution in [0.3, 0.4) is 0 Å². The van der Waals surface area contributed by atoms with E-state index in [1.165, 1.54) is 6.92 Å². The quantitative estimate of drug-likeness (QED) is 0.832. The van der Waals surface area contributed by atoms with E-state index in [0.717, 1.165) is 12.1 Å². The Labute approximate surface area is 117 Å². The highest BCUT2D eigenvalue weighted by Crippen LogP contribution is 2.24. The van der Waals surface area contributed by atoms with E-state index in [2.05, 4.69) is 0 Å². The second-order valence-electron chi connectivity index (χ2n) is 4.65. The first-order valence-electron chi connectivity index (χ1n) is 6.32. The zero-order valence-electron chi connectivity index (χ0n) is 11.5. The van der Waals surface area contributed by atoms with Crippen LogP contribution in [-0.2, 0) is 16.3 Å². The van der Waals surface area contributed by atoms with E-state index in [0.29, 0.717) is 12.0 Å². The zero-order valence-corrected chi connectivity index (χ0v) is 12.3. The molecule has 20 heavy (non-hydrogen) atoms. The summed E-state index contributed by atoms with van der Waals surface area (Å²) < 4.78 is 54.8. The van der Waals surface area contributed by atoms with Gasteiger partial charge < -0.3 is 10.5 Å². The molecular weight excluding hydrogens is 288 g/mol. The third kappa shape index (κ3) is 5.05. The van der Waals surface area contributed by atoms with Gasteiger partial charge in [-0.1, -0.05) is 6.92 Å². The second-order valence-corrected chi connectivity index (χ2v) is 7.13. The Bertz CT molecular complexity index is 536. The van der Waals surface area contributed by atoms with Crippen molar-refractivity contribution >= 4 is 9.84 Å². The molecule has 0 fully saturated rings. The van der Waals surface area contributed by atoms with Crippen molar-refractivity contribution in [1.29, 1.82) is 0 Å². The molecule has 0 spiro atoms. The van der Waals surface area contributed by atoms with Gasteiger partial charge in [0.1, 0.15) is 6.61 Å². The van der Waals surface area contributed by atoms with E-state index in [1.807, 2.05) is 0 Å². The molecule has 0 heterocycles. The van der Waals surface area contributed by atoms with Gasteiger partial charge >= 0.3 is 0 Å². The normalized spacial score (nSPS) is 13.2. The Morgan fingerprint density at radius 2 is 1.85 bits per heavy atom. The van der Waals surface area contributed by atoms with Crippen LogP contribution in [0.2, 0.25) is 0 Å². The summed E-state index contributed by atoms with van der Waals surface area (Å²) in [7, 11) is -3.23. The van der Waals surface area contributed by atoms with E-state index in [-0.39, 0.29) is 24.2 Å². The second kappa shape index (κ2) is 6.99. The molecule has 7 heteroatoms. The van der Waals surface area contributed by atoms with Crippen LogP contribution < -0.4 is 10.5 Å². The molecular formula is C13H19F2NO3S. The SMILES string of the molecule is CCS(=O)(=O)CCOc1c(F)cc(CC(C)N)cc1F. The third-order valence-corrected chi connectivity index (χ3v) is 4.36. The molecule has 0 amide bonds. The van der Waals surface area contributed by atoms with Crippen molar-refractivity contribution in [1.82, 2.24) is 0 Å². The number of rotatable bonds is 7. The lowest BCUT2D eigenvalue weighted by Gasteiger charge is -2.11. The summed E-state index contributed by atoms with van der Waals surface area (Å²) in [5.74, 6) is -2.56. The average Bonchev–Trinajstić information content (AvgIpc) is 2.32. The number of sulfone groups is 1. The Hall–Kier alpha value is -1.21. The lowest BCUT2D eigenvalue weighted by molar-refractivity contribution is 0.303. The van der Waals surface area contributed by atoms with Crippen molar-refractivity contribution in [2.75, 3.05) is 18.1 Å². The molecule has 4 nitrogen and oxygen atoms in total. The van der Waals surface area contributed by atoms with Crippen molar-refractivity contribution < 1.29 is 21.9 Å². The summed E-state index contributed by atoms with van der Waals surface area (Å²) in [5, 5.41) is 0. The van der Waals surface area contributed by atoms with Gasteiger partial charge in [0.2, 0.25) is 0 Å². The van der Waals surface area contributed by atoms with E-state index >= 15 is 0 Å². The molecule has 114 valence electrons. The average molecular weight is 307 g/mol. The zero-order chi connectivity index (χ0) is 15.3. The molecule has 1 unspecified atom stereocenters. The number of ether oxygens (including phenoxy) is 1. The maximum Gasteiger partial charge on any atom is 0.190 e. The maximum absolute atomic E-state index is 13.7. The van der Waals surface area contributed by atoms with Crippen LogP contribution in [0.4, 0.5) is 8.78 Å². The largest absolute Gasteiger partial charge is 0.487 e. The van der Waals surface area contributed by atoms with Gasteiger partial charge in [-0.25, -0.2) is 17.2 Å². The summed E-state index contributed by atoms with van der Waals surface area (Å²) >= 11 is 0. The topological polar surface area (TPSA) is 69.4 Å². The molecule has 1 rings (SSSR count). The highest BCUT2D eigenvalue weighted by molar-refractivity contribution is 7.91. The highest BCUT2D eigenvalue weighted by Gasteiger charge is 2.15. The van der Waals surface area contributed by atoms with Crippen molar-refractivity contribution in [3.63, 3.8) is 0 Å². The van der Waals surface area contributed by atoms with Crippen LogP contribution in [0.1, 0.15) is 19.4 Å². The molecule has 0 aliphatic heterocycles. The molecule has 1 aromatic carbocycles. The fourth-order valence-electron chi connectivity index (χ4n) is 1.65. The van der Waals surface area contributed by atoms with Crippen molar-refractivity contribution in [2.45, 2.75) is 26.3 Å². The van der Waals surface area contributed by atoms with Crippen LogP contribution in [0.15, 0.2) is 12.1 Å². The van der Waals surface area contributed by atoms with Gasteiger partial charge in [-0.2, -0.15) is 0 Å². The first-order valence-corrected chi connectivity index (χ1v) is 8.14. The molecule has 0 aliphatic rings. The van der Waals surface area contributed by atoms with Gasteiger partial charge in [0.05, 0.1) is 5.75 Å². The number of halogens is 2. The molecule has 2 N–H and O–H groups in total. The Balaban J connectivity index is 2.76. The first kappa shape index (κ1) is 16.8. The predicted octanol–water partition coefficient (Wildman–Crippen LogP) is 1.67. The molecule has 0 aliphatic carbocycles. The number of benzene rings is 1. The van der Waals surface area contributed by atoms with Gasteiger partial charge in [0.25, 0.3) is 0 Å². The van der Waals surface area contributed by atoms with Gasteiger partial charge in [0, 0.05) is 11.8 Å². The van der Waals surface area contributed by atoms with Crippen LogP contribution in [0, 0.1) is 11.6 Å². The number of nitrogens with two attached hydrogens (primary N) is 1. The molecule has 0 aromatic heterocycles. The lowest BCUT2D eigenvalue weighted by Crippen LogP contribution is -2.18. The minimum Gasteiger partial charge on any atom is -0.487 e. The predicted molar refractivity (Wildman–Crippen MR) is 73.5 cm³/mol. The smallest absolute Gasteiger partial charge is 0.190 e. The van der Waals surface area contributed by atoms with Crippen molar-refractivity contribution in [2.24, 2.45) is 5.73 Å². The lowest BCUT2D eigenvalue weighted by atomic mass is 10.1. The van der Waals surface area contributed by atoms with Gasteiger partial charge in [-0.05, 0) is 31.0 Å². The van der Waals surface area contributed by atoms with Crippen molar-refractivity contribution in [3.05, 3.63) is 29.3 Å². The fraction of sp³-hybridized carbons (Fsp3) is 0.538. The van der Waals surface area contributed by atoms with E-state index in [9.17, 15) is 17.2 Å². The van der Waals surface area contributed by atoms with Gasteiger partial charge in [0.15, 0.2) is 27.2 Å². The minimum atomic E-state index is -3.23. The monoisotopic (exact) mass is 307 g/mol. The summed E-state index contributed by atoms with van der Waals surface area (Å²) in [6.45, 7) is 2.95. The summed E-state index contributed by atoms with van der Waals surface area (Å²) in [6, 6.07) is 2.09. The molecule has 0 bridgehead atoms. The third-order valence-electron chi connectivity index (χ3n) is 2.70. The molecule has 0 saturated carbocycles. The fourth-order valence-corrected chi connectivity index (χ4v) is 2.28.